The topological polar surface area (TPSA) is 63.9 Å². The van der Waals surface area contributed by atoms with Crippen molar-refractivity contribution >= 4 is 0 Å². The van der Waals surface area contributed by atoms with Gasteiger partial charge in [-0.05, 0) is 37.1 Å². The first-order chi connectivity index (χ1) is 13.3. The molecule has 1 aromatic carbocycles. The molecule has 6 nitrogen and oxygen atoms in total. The molecule has 4 heterocycles. The van der Waals surface area contributed by atoms with Gasteiger partial charge in [0.1, 0.15) is 5.82 Å². The highest BCUT2D eigenvalue weighted by Crippen LogP contribution is 2.41. The number of hydrogen-bond donors (Lipinski definition) is 0. The molecule has 27 heavy (non-hydrogen) atoms. The third-order valence-corrected chi connectivity index (χ3v) is 5.87. The molecule has 3 aromatic rings. The molecule has 2 aromatic heterocycles. The van der Waals surface area contributed by atoms with Gasteiger partial charge >= 0.3 is 0 Å². The Morgan fingerprint density at radius 1 is 0.963 bits per heavy atom. The van der Waals surface area contributed by atoms with Crippen LogP contribution in [0.1, 0.15) is 24.2 Å². The zero-order chi connectivity index (χ0) is 18.3. The Bertz CT molecular complexity index is 1020. The van der Waals surface area contributed by atoms with Gasteiger partial charge in [-0.1, -0.05) is 30.3 Å². The number of nitrogens with zero attached hydrogens (tertiary/aromatic N) is 5. The second kappa shape index (κ2) is 6.39. The van der Waals surface area contributed by atoms with Crippen molar-refractivity contribution in [3.8, 4) is 11.3 Å². The van der Waals surface area contributed by atoms with Crippen molar-refractivity contribution in [3.63, 3.8) is 0 Å². The Balaban J connectivity index is 1.44. The number of pyridine rings is 1. The summed E-state index contributed by atoms with van der Waals surface area (Å²) in [5, 5.41) is 8.89. The highest BCUT2D eigenvalue weighted by Gasteiger charge is 2.46. The molecule has 0 saturated carbocycles. The van der Waals surface area contributed by atoms with Crippen molar-refractivity contribution in [2.45, 2.75) is 31.3 Å². The minimum atomic E-state index is -0.0472. The maximum atomic E-state index is 13.0. The third-order valence-electron chi connectivity index (χ3n) is 5.87. The average molecular weight is 359 g/mol. The molecule has 2 aliphatic rings. The molecule has 1 spiro atoms. The zero-order valence-corrected chi connectivity index (χ0v) is 15.1. The summed E-state index contributed by atoms with van der Waals surface area (Å²) in [6.45, 7) is 3.57. The summed E-state index contributed by atoms with van der Waals surface area (Å²) in [5.74, 6) is 0.865. The molecule has 1 fully saturated rings. The number of rotatable bonds is 3. The van der Waals surface area contributed by atoms with E-state index in [1.807, 2.05) is 47.3 Å². The average Bonchev–Trinajstić information content (AvgIpc) is 3.29. The minimum absolute atomic E-state index is 0.0179. The van der Waals surface area contributed by atoms with E-state index >= 15 is 0 Å². The van der Waals surface area contributed by atoms with Crippen molar-refractivity contribution in [2.75, 3.05) is 13.1 Å². The van der Waals surface area contributed by atoms with Crippen LogP contribution < -0.4 is 5.56 Å². The lowest BCUT2D eigenvalue weighted by Crippen LogP contribution is -2.33. The van der Waals surface area contributed by atoms with Crippen LogP contribution in [0.3, 0.4) is 0 Å². The fraction of sp³-hybridized carbons (Fsp3) is 0.333. The Kier molecular flexibility index (Phi) is 3.86. The summed E-state index contributed by atoms with van der Waals surface area (Å²) >= 11 is 0. The molecule has 5 rings (SSSR count). The predicted octanol–water partition coefficient (Wildman–Crippen LogP) is 2.25. The Labute approximate surface area is 157 Å². The summed E-state index contributed by atoms with van der Waals surface area (Å²) in [5.41, 5.74) is 2.48. The molecule has 0 N–H and O–H groups in total. The van der Waals surface area contributed by atoms with Crippen LogP contribution in [0.5, 0.6) is 0 Å². The maximum absolute atomic E-state index is 13.0. The van der Waals surface area contributed by atoms with Crippen molar-refractivity contribution in [1.82, 2.24) is 24.6 Å². The molecular weight excluding hydrogens is 338 g/mol. The van der Waals surface area contributed by atoms with Gasteiger partial charge < -0.3 is 0 Å². The van der Waals surface area contributed by atoms with Crippen LogP contribution in [0.15, 0.2) is 59.7 Å². The third kappa shape index (κ3) is 2.77. The lowest BCUT2D eigenvalue weighted by molar-refractivity contribution is 0.299. The Hall–Kier alpha value is -2.86. The number of aromatic nitrogens is 4. The standard InChI is InChI=1S/C21H21N5O/c27-19-18(17-4-2-1-3-5-17)23-24-20-21(9-13-26(19)20)8-12-25(15-21)14-16-6-10-22-11-7-16/h1-7,10-11H,8-9,12-15H2/t21-/m0/s1. The number of benzene rings is 1. The van der Waals surface area contributed by atoms with Crippen LogP contribution in [-0.2, 0) is 18.5 Å². The predicted molar refractivity (Wildman–Crippen MR) is 102 cm³/mol. The van der Waals surface area contributed by atoms with Gasteiger partial charge in [0.25, 0.3) is 5.56 Å². The second-order valence-electron chi connectivity index (χ2n) is 7.54. The van der Waals surface area contributed by atoms with E-state index in [0.29, 0.717) is 5.69 Å². The summed E-state index contributed by atoms with van der Waals surface area (Å²) < 4.78 is 1.85. The number of fused-ring (bicyclic) bond motifs is 2. The monoisotopic (exact) mass is 359 g/mol. The van der Waals surface area contributed by atoms with Gasteiger partial charge in [-0.15, -0.1) is 10.2 Å². The molecule has 6 heteroatoms. The van der Waals surface area contributed by atoms with Gasteiger partial charge in [-0.25, -0.2) is 0 Å². The van der Waals surface area contributed by atoms with E-state index in [-0.39, 0.29) is 11.0 Å². The SMILES string of the molecule is O=c1c(-c2ccccc2)nnc2n1CC[C@]21CCN(Cc2ccncc2)C1. The molecule has 136 valence electrons. The van der Waals surface area contributed by atoms with Gasteiger partial charge in [-0.2, -0.15) is 0 Å². The molecule has 0 aliphatic carbocycles. The van der Waals surface area contributed by atoms with E-state index in [2.05, 4.69) is 32.2 Å². The van der Waals surface area contributed by atoms with E-state index in [1.54, 1.807) is 0 Å². The van der Waals surface area contributed by atoms with Crippen molar-refractivity contribution in [3.05, 3.63) is 76.6 Å². The maximum Gasteiger partial charge on any atom is 0.280 e. The summed E-state index contributed by atoms with van der Waals surface area (Å²) in [4.78, 5) is 19.5. The number of hydrogen-bond acceptors (Lipinski definition) is 5. The molecule has 1 atom stereocenters. The van der Waals surface area contributed by atoms with E-state index in [1.165, 1.54) is 5.56 Å². The Morgan fingerprint density at radius 3 is 2.56 bits per heavy atom. The molecule has 1 saturated heterocycles. The highest BCUT2D eigenvalue weighted by molar-refractivity contribution is 5.57. The van der Waals surface area contributed by atoms with Crippen LogP contribution in [0, 0.1) is 0 Å². The van der Waals surface area contributed by atoms with Gasteiger partial charge in [0.15, 0.2) is 5.69 Å². The zero-order valence-electron chi connectivity index (χ0n) is 15.1. The summed E-state index contributed by atoms with van der Waals surface area (Å²) in [6.07, 6.45) is 5.66. The quantitative estimate of drug-likeness (QED) is 0.718. The second-order valence-corrected chi connectivity index (χ2v) is 7.54. The largest absolute Gasteiger partial charge is 0.298 e. The summed E-state index contributed by atoms with van der Waals surface area (Å²) in [6, 6.07) is 13.7. The normalized spacial score (nSPS) is 21.6. The van der Waals surface area contributed by atoms with Crippen LogP contribution in [0.4, 0.5) is 0 Å². The molecule has 0 amide bonds. The van der Waals surface area contributed by atoms with Gasteiger partial charge in [0.2, 0.25) is 0 Å². The summed E-state index contributed by atoms with van der Waals surface area (Å²) in [7, 11) is 0. The van der Waals surface area contributed by atoms with Crippen molar-refractivity contribution in [2.24, 2.45) is 0 Å². The van der Waals surface area contributed by atoms with E-state index in [0.717, 1.165) is 50.4 Å². The lowest BCUT2D eigenvalue weighted by atomic mass is 9.85. The van der Waals surface area contributed by atoms with E-state index < -0.39 is 0 Å². The molecule has 0 bridgehead atoms. The Morgan fingerprint density at radius 2 is 1.74 bits per heavy atom. The lowest BCUT2D eigenvalue weighted by Gasteiger charge is -2.23. The smallest absolute Gasteiger partial charge is 0.280 e. The van der Waals surface area contributed by atoms with Crippen LogP contribution >= 0.6 is 0 Å². The fourth-order valence-electron chi connectivity index (χ4n) is 4.46. The first kappa shape index (κ1) is 16.3. The first-order valence-electron chi connectivity index (χ1n) is 9.40. The minimum Gasteiger partial charge on any atom is -0.298 e. The molecule has 2 aliphatic heterocycles. The molecular formula is C21H21N5O. The fourth-order valence-corrected chi connectivity index (χ4v) is 4.46. The van der Waals surface area contributed by atoms with Crippen LogP contribution in [0.2, 0.25) is 0 Å². The van der Waals surface area contributed by atoms with E-state index in [9.17, 15) is 4.79 Å². The van der Waals surface area contributed by atoms with Gasteiger partial charge in [0, 0.05) is 43.0 Å². The highest BCUT2D eigenvalue weighted by atomic mass is 16.1. The van der Waals surface area contributed by atoms with Crippen molar-refractivity contribution < 1.29 is 0 Å². The van der Waals surface area contributed by atoms with Crippen LogP contribution in [-0.4, -0.2) is 37.7 Å². The van der Waals surface area contributed by atoms with Crippen molar-refractivity contribution in [1.29, 1.82) is 0 Å². The molecule has 0 radical (unpaired) electrons. The van der Waals surface area contributed by atoms with Gasteiger partial charge in [-0.3, -0.25) is 19.2 Å². The van der Waals surface area contributed by atoms with E-state index in [4.69, 9.17) is 0 Å². The van der Waals surface area contributed by atoms with Crippen LogP contribution in [0.25, 0.3) is 11.3 Å². The first-order valence-corrected chi connectivity index (χ1v) is 9.40. The number of likely N-dealkylation sites (tertiary alicyclic amines) is 1. The van der Waals surface area contributed by atoms with Gasteiger partial charge in [0.05, 0.1) is 0 Å². The molecule has 0 unspecified atom stereocenters.